The normalized spacial score (nSPS) is 15.5. The van der Waals surface area contributed by atoms with E-state index >= 15 is 0 Å². The van der Waals surface area contributed by atoms with E-state index in [0.29, 0.717) is 5.69 Å². The molecule has 5 heteroatoms. The smallest absolute Gasteiger partial charge is 0.410 e. The van der Waals surface area contributed by atoms with Gasteiger partial charge >= 0.3 is 6.09 Å². The maximum absolute atomic E-state index is 11.7. The Kier molecular flexibility index (Phi) is 6.99. The second-order valence-corrected chi connectivity index (χ2v) is 6.17. The number of hydrogen-bond acceptors (Lipinski definition) is 4. The standard InChI is InChI=1S/C11H21NO2.C5H6N2/c1-11(2,3)14-10(13)12-8-6-4-5-7-9-12;6-5-2-1-3-7-4-5/h4-9H2,1-3H3;1-4H,6H2. The van der Waals surface area contributed by atoms with E-state index in [4.69, 9.17) is 10.5 Å². The Morgan fingerprint density at radius 1 is 1.24 bits per heavy atom. The van der Waals surface area contributed by atoms with Crippen molar-refractivity contribution in [3.05, 3.63) is 24.5 Å². The Morgan fingerprint density at radius 3 is 2.24 bits per heavy atom. The number of nitrogens with zero attached hydrogens (tertiary/aromatic N) is 2. The maximum Gasteiger partial charge on any atom is 0.410 e. The molecule has 5 nitrogen and oxygen atoms in total. The lowest BCUT2D eigenvalue weighted by Crippen LogP contribution is -2.37. The molecule has 0 unspecified atom stereocenters. The number of nitrogen functional groups attached to an aromatic ring is 1. The molecule has 0 aliphatic carbocycles. The van der Waals surface area contributed by atoms with Crippen molar-refractivity contribution in [1.82, 2.24) is 9.88 Å². The number of hydrogen-bond donors (Lipinski definition) is 1. The molecule has 0 radical (unpaired) electrons. The highest BCUT2D eigenvalue weighted by Gasteiger charge is 2.22. The second kappa shape index (κ2) is 8.49. The third-order valence-corrected chi connectivity index (χ3v) is 2.94. The van der Waals surface area contributed by atoms with Gasteiger partial charge in [-0.05, 0) is 45.7 Å². The first kappa shape index (κ1) is 17.3. The molecule has 1 aliphatic heterocycles. The van der Waals surface area contributed by atoms with Crippen LogP contribution < -0.4 is 5.73 Å². The lowest BCUT2D eigenvalue weighted by molar-refractivity contribution is 0.0257. The SMILES string of the molecule is CC(C)(C)OC(=O)N1CCCCCC1.Nc1cccnc1. The largest absolute Gasteiger partial charge is 0.444 e. The van der Waals surface area contributed by atoms with Gasteiger partial charge in [-0.15, -0.1) is 0 Å². The third-order valence-electron chi connectivity index (χ3n) is 2.94. The number of amides is 1. The number of ether oxygens (including phenoxy) is 1. The van der Waals surface area contributed by atoms with Crippen LogP contribution in [0, 0.1) is 0 Å². The molecule has 2 heterocycles. The molecule has 0 atom stereocenters. The van der Waals surface area contributed by atoms with Gasteiger partial charge in [0.1, 0.15) is 5.60 Å². The number of carbonyl (C=O) groups excluding carboxylic acids is 1. The van der Waals surface area contributed by atoms with E-state index in [2.05, 4.69) is 4.98 Å². The lowest BCUT2D eigenvalue weighted by Gasteiger charge is -2.26. The van der Waals surface area contributed by atoms with Gasteiger partial charge in [0.05, 0.1) is 5.69 Å². The van der Waals surface area contributed by atoms with Crippen molar-refractivity contribution >= 4 is 11.8 Å². The van der Waals surface area contributed by atoms with Crippen LogP contribution in [0.5, 0.6) is 0 Å². The zero-order valence-corrected chi connectivity index (χ0v) is 13.3. The summed E-state index contributed by atoms with van der Waals surface area (Å²) in [6, 6.07) is 3.60. The highest BCUT2D eigenvalue weighted by atomic mass is 16.6. The summed E-state index contributed by atoms with van der Waals surface area (Å²) < 4.78 is 5.32. The summed E-state index contributed by atoms with van der Waals surface area (Å²) in [6.07, 6.45) is 7.84. The first-order valence-electron chi connectivity index (χ1n) is 7.52. The van der Waals surface area contributed by atoms with Crippen LogP contribution >= 0.6 is 0 Å². The van der Waals surface area contributed by atoms with E-state index in [1.54, 1.807) is 24.5 Å². The molecule has 0 spiro atoms. The zero-order valence-electron chi connectivity index (χ0n) is 13.3. The average molecular weight is 293 g/mol. The molecule has 2 rings (SSSR count). The van der Waals surface area contributed by atoms with Gasteiger partial charge in [0.2, 0.25) is 0 Å². The number of nitrogens with two attached hydrogens (primary N) is 1. The van der Waals surface area contributed by atoms with Gasteiger partial charge in [0, 0.05) is 25.5 Å². The molecular weight excluding hydrogens is 266 g/mol. The van der Waals surface area contributed by atoms with Crippen LogP contribution in [0.1, 0.15) is 46.5 Å². The fraction of sp³-hybridized carbons (Fsp3) is 0.625. The van der Waals surface area contributed by atoms with Gasteiger partial charge in [-0.2, -0.15) is 0 Å². The van der Waals surface area contributed by atoms with Crippen molar-refractivity contribution in [3.8, 4) is 0 Å². The summed E-state index contributed by atoms with van der Waals surface area (Å²) in [7, 11) is 0. The minimum Gasteiger partial charge on any atom is -0.444 e. The van der Waals surface area contributed by atoms with Gasteiger partial charge in [0.15, 0.2) is 0 Å². The van der Waals surface area contributed by atoms with Gasteiger partial charge in [-0.1, -0.05) is 12.8 Å². The predicted octanol–water partition coefficient (Wildman–Crippen LogP) is 3.46. The van der Waals surface area contributed by atoms with E-state index in [0.717, 1.165) is 25.9 Å². The number of aromatic nitrogens is 1. The minimum atomic E-state index is -0.372. The molecule has 1 aromatic rings. The topological polar surface area (TPSA) is 68.5 Å². The first-order chi connectivity index (χ1) is 9.88. The van der Waals surface area contributed by atoms with Gasteiger partial charge in [-0.25, -0.2) is 4.79 Å². The van der Waals surface area contributed by atoms with Crippen LogP contribution in [0.2, 0.25) is 0 Å². The molecular formula is C16H27N3O2. The number of anilines is 1. The fourth-order valence-corrected chi connectivity index (χ4v) is 1.96. The van der Waals surface area contributed by atoms with Crippen molar-refractivity contribution in [1.29, 1.82) is 0 Å². The van der Waals surface area contributed by atoms with E-state index in [1.807, 2.05) is 25.7 Å². The number of pyridine rings is 1. The number of rotatable bonds is 0. The molecule has 1 saturated heterocycles. The van der Waals surface area contributed by atoms with Crippen LogP contribution in [0.3, 0.4) is 0 Å². The molecule has 1 aromatic heterocycles. The summed E-state index contributed by atoms with van der Waals surface area (Å²) in [6.45, 7) is 7.43. The van der Waals surface area contributed by atoms with E-state index < -0.39 is 0 Å². The van der Waals surface area contributed by atoms with E-state index in [1.165, 1.54) is 12.8 Å². The van der Waals surface area contributed by atoms with E-state index in [9.17, 15) is 4.79 Å². The Morgan fingerprint density at radius 2 is 1.86 bits per heavy atom. The van der Waals surface area contributed by atoms with Crippen molar-refractivity contribution in [3.63, 3.8) is 0 Å². The molecule has 2 N–H and O–H groups in total. The summed E-state index contributed by atoms with van der Waals surface area (Å²) >= 11 is 0. The van der Waals surface area contributed by atoms with Crippen LogP contribution in [0.15, 0.2) is 24.5 Å². The molecule has 21 heavy (non-hydrogen) atoms. The molecule has 0 bridgehead atoms. The molecule has 0 saturated carbocycles. The van der Waals surface area contributed by atoms with Crippen LogP contribution in [-0.2, 0) is 4.74 Å². The van der Waals surface area contributed by atoms with Gasteiger partial charge in [0.25, 0.3) is 0 Å². The van der Waals surface area contributed by atoms with Crippen LogP contribution in [-0.4, -0.2) is 34.7 Å². The van der Waals surface area contributed by atoms with Crippen molar-refractivity contribution in [2.45, 2.75) is 52.1 Å². The van der Waals surface area contributed by atoms with Crippen molar-refractivity contribution in [2.24, 2.45) is 0 Å². The minimum absolute atomic E-state index is 0.153. The predicted molar refractivity (Wildman–Crippen MR) is 84.9 cm³/mol. The number of likely N-dealkylation sites (tertiary alicyclic amines) is 1. The molecule has 1 aliphatic rings. The van der Waals surface area contributed by atoms with Crippen LogP contribution in [0.4, 0.5) is 10.5 Å². The Hall–Kier alpha value is -1.78. The quantitative estimate of drug-likeness (QED) is 0.795. The summed E-state index contributed by atoms with van der Waals surface area (Å²) in [5.74, 6) is 0. The van der Waals surface area contributed by atoms with Crippen molar-refractivity contribution < 1.29 is 9.53 Å². The monoisotopic (exact) mass is 293 g/mol. The fourth-order valence-electron chi connectivity index (χ4n) is 1.96. The summed E-state index contributed by atoms with van der Waals surface area (Å²) in [5.41, 5.74) is 5.63. The average Bonchev–Trinajstić information content (AvgIpc) is 2.67. The highest BCUT2D eigenvalue weighted by molar-refractivity contribution is 5.68. The zero-order chi connectivity index (χ0) is 15.7. The third kappa shape index (κ3) is 8.17. The molecule has 118 valence electrons. The summed E-state index contributed by atoms with van der Waals surface area (Å²) in [4.78, 5) is 17.3. The second-order valence-electron chi connectivity index (χ2n) is 6.17. The first-order valence-corrected chi connectivity index (χ1v) is 7.52. The molecule has 1 amide bonds. The van der Waals surface area contributed by atoms with E-state index in [-0.39, 0.29) is 11.7 Å². The van der Waals surface area contributed by atoms with Crippen LogP contribution in [0.25, 0.3) is 0 Å². The Labute approximate surface area is 127 Å². The number of carbonyl (C=O) groups is 1. The van der Waals surface area contributed by atoms with Gasteiger partial charge < -0.3 is 15.4 Å². The lowest BCUT2D eigenvalue weighted by atomic mass is 10.2. The van der Waals surface area contributed by atoms with Gasteiger partial charge in [-0.3, -0.25) is 4.98 Å². The Bertz CT molecular complexity index is 407. The maximum atomic E-state index is 11.7. The summed E-state index contributed by atoms with van der Waals surface area (Å²) in [5, 5.41) is 0. The molecule has 0 aromatic carbocycles. The van der Waals surface area contributed by atoms with Crippen molar-refractivity contribution in [2.75, 3.05) is 18.8 Å². The Balaban J connectivity index is 0.000000262. The molecule has 1 fully saturated rings. The highest BCUT2D eigenvalue weighted by Crippen LogP contribution is 2.14.